The molecule has 0 saturated heterocycles. The van der Waals surface area contributed by atoms with E-state index in [0.717, 1.165) is 18.6 Å². The number of rotatable bonds is 3. The van der Waals surface area contributed by atoms with Gasteiger partial charge in [-0.3, -0.25) is 9.59 Å². The van der Waals surface area contributed by atoms with E-state index in [-0.39, 0.29) is 21.7 Å². The van der Waals surface area contributed by atoms with Crippen molar-refractivity contribution in [2.75, 3.05) is 0 Å². The molecule has 1 fully saturated rings. The smallest absolute Gasteiger partial charge is 0.416 e. The van der Waals surface area contributed by atoms with E-state index in [1.54, 1.807) is 0 Å². The zero-order chi connectivity index (χ0) is 21.7. The topological polar surface area (TPSA) is 91.8 Å². The lowest BCUT2D eigenvalue weighted by atomic mass is 10.0. The van der Waals surface area contributed by atoms with Crippen LogP contribution in [0.3, 0.4) is 0 Å². The van der Waals surface area contributed by atoms with Gasteiger partial charge in [-0.05, 0) is 42.2 Å². The molecule has 6 nitrogen and oxygen atoms in total. The van der Waals surface area contributed by atoms with Gasteiger partial charge in [-0.15, -0.1) is 0 Å². The number of alkyl halides is 3. The number of oxazole rings is 1. The third-order valence-corrected chi connectivity index (χ3v) is 5.56. The number of hydrogen-bond donors (Lipinski definition) is 2. The third-order valence-electron chi connectivity index (χ3n) is 5.56. The van der Waals surface area contributed by atoms with Crippen LogP contribution in [0.25, 0.3) is 12.2 Å². The molecule has 9 heteroatoms. The van der Waals surface area contributed by atoms with Gasteiger partial charge in [0.05, 0.1) is 5.56 Å². The van der Waals surface area contributed by atoms with Gasteiger partial charge in [0, 0.05) is 5.41 Å². The van der Waals surface area contributed by atoms with Crippen molar-refractivity contribution in [1.82, 2.24) is 15.0 Å². The minimum atomic E-state index is -4.51. The van der Waals surface area contributed by atoms with Gasteiger partial charge < -0.3 is 14.4 Å². The Morgan fingerprint density at radius 2 is 1.80 bits per heavy atom. The Hall–Kier alpha value is -3.36. The number of hydrogen-bond acceptors (Lipinski definition) is 4. The van der Waals surface area contributed by atoms with E-state index in [4.69, 9.17) is 4.42 Å². The van der Waals surface area contributed by atoms with Crippen molar-refractivity contribution in [3.05, 3.63) is 84.6 Å². The van der Waals surface area contributed by atoms with Gasteiger partial charge >= 0.3 is 6.18 Å². The standard InChI is InChI=1S/C21H18F3N3O3/c1-11-9-20(11,2)17-14(25-10-30-17)8-16-19(29)26-15(18(28)27-16)7-12-4-3-5-13(6-12)21(22,23)24/h3-8,10-11H,9H2,1-2H3,(H,26,29)(H,27,28)/b15-7-,16-8-. The summed E-state index contributed by atoms with van der Waals surface area (Å²) in [6.45, 7) is 4.12. The largest absolute Gasteiger partial charge is 0.447 e. The fourth-order valence-electron chi connectivity index (χ4n) is 3.48. The summed E-state index contributed by atoms with van der Waals surface area (Å²) in [5.74, 6) is 1.06. The van der Waals surface area contributed by atoms with Gasteiger partial charge in [0.2, 0.25) is 0 Å². The fraction of sp³-hybridized carbons (Fsp3) is 0.286. The monoisotopic (exact) mass is 417 g/mol. The van der Waals surface area contributed by atoms with Crippen molar-refractivity contribution in [2.24, 2.45) is 5.92 Å². The van der Waals surface area contributed by atoms with Crippen LogP contribution < -0.4 is 21.8 Å². The summed E-state index contributed by atoms with van der Waals surface area (Å²) >= 11 is 0. The molecule has 1 aliphatic rings. The van der Waals surface area contributed by atoms with E-state index in [2.05, 4.69) is 21.9 Å². The van der Waals surface area contributed by atoms with Crippen LogP contribution in [0.2, 0.25) is 0 Å². The molecule has 156 valence electrons. The average Bonchev–Trinajstić information content (AvgIpc) is 3.06. The molecule has 1 aliphatic carbocycles. The number of halogens is 3. The highest BCUT2D eigenvalue weighted by Crippen LogP contribution is 2.54. The van der Waals surface area contributed by atoms with Crippen LogP contribution in [0.5, 0.6) is 0 Å². The summed E-state index contributed by atoms with van der Waals surface area (Å²) in [5.41, 5.74) is -1.66. The summed E-state index contributed by atoms with van der Waals surface area (Å²) in [7, 11) is 0. The zero-order valence-electron chi connectivity index (χ0n) is 16.1. The number of nitrogens with one attached hydrogen (secondary N) is 2. The molecule has 2 aromatic heterocycles. The molecule has 1 aromatic carbocycles. The van der Waals surface area contributed by atoms with Crippen LogP contribution in [0.4, 0.5) is 13.2 Å². The molecule has 2 N–H and O–H groups in total. The maximum Gasteiger partial charge on any atom is 0.416 e. The quantitative estimate of drug-likeness (QED) is 0.682. The predicted octanol–water partition coefficient (Wildman–Crippen LogP) is 2.03. The van der Waals surface area contributed by atoms with Gasteiger partial charge in [0.25, 0.3) is 11.1 Å². The first-order chi connectivity index (χ1) is 14.1. The fourth-order valence-corrected chi connectivity index (χ4v) is 3.48. The number of aromatic nitrogens is 3. The Labute approximate surface area is 167 Å². The van der Waals surface area contributed by atoms with Crippen molar-refractivity contribution >= 4 is 12.2 Å². The van der Waals surface area contributed by atoms with E-state index in [1.165, 1.54) is 30.7 Å². The van der Waals surface area contributed by atoms with Crippen molar-refractivity contribution in [3.8, 4) is 0 Å². The van der Waals surface area contributed by atoms with Gasteiger partial charge in [-0.1, -0.05) is 26.0 Å². The number of H-pyrrole nitrogens is 2. The van der Waals surface area contributed by atoms with E-state index >= 15 is 0 Å². The second kappa shape index (κ2) is 6.86. The minimum Gasteiger partial charge on any atom is -0.447 e. The van der Waals surface area contributed by atoms with Crippen LogP contribution in [-0.2, 0) is 11.6 Å². The highest BCUT2D eigenvalue weighted by atomic mass is 19.4. The molecule has 2 heterocycles. The summed E-state index contributed by atoms with van der Waals surface area (Å²) in [6, 6.07) is 4.47. The number of benzene rings is 1. The van der Waals surface area contributed by atoms with Crippen LogP contribution in [0.15, 0.2) is 44.7 Å². The molecule has 0 radical (unpaired) electrons. The van der Waals surface area contributed by atoms with Gasteiger partial charge in [0.15, 0.2) is 6.39 Å². The molecule has 0 bridgehead atoms. The first-order valence-electron chi connectivity index (χ1n) is 9.25. The Kier molecular flexibility index (Phi) is 4.56. The molecule has 0 spiro atoms. The molecule has 2 atom stereocenters. The molecule has 30 heavy (non-hydrogen) atoms. The molecule has 0 amide bonds. The van der Waals surface area contributed by atoms with Crippen molar-refractivity contribution in [3.63, 3.8) is 0 Å². The highest BCUT2D eigenvalue weighted by Gasteiger charge is 2.51. The van der Waals surface area contributed by atoms with Crippen LogP contribution in [0.1, 0.15) is 42.8 Å². The molecule has 2 unspecified atom stereocenters. The van der Waals surface area contributed by atoms with E-state index < -0.39 is 22.9 Å². The third kappa shape index (κ3) is 3.62. The lowest BCUT2D eigenvalue weighted by molar-refractivity contribution is -0.137. The SMILES string of the molecule is CC1CC1(C)c1ocnc1/C=c1\[nH]c(=O)/c(=C/c2cccc(C(F)(F)F)c2)[nH]c1=O. The van der Waals surface area contributed by atoms with Gasteiger partial charge in [-0.2, -0.15) is 13.2 Å². The molecule has 0 aliphatic heterocycles. The highest BCUT2D eigenvalue weighted by molar-refractivity contribution is 5.51. The maximum absolute atomic E-state index is 12.9. The van der Waals surface area contributed by atoms with Crippen LogP contribution in [0, 0.1) is 5.92 Å². The minimum absolute atomic E-state index is 0.0201. The van der Waals surface area contributed by atoms with Crippen LogP contribution in [-0.4, -0.2) is 15.0 Å². The van der Waals surface area contributed by atoms with Crippen molar-refractivity contribution in [1.29, 1.82) is 0 Å². The van der Waals surface area contributed by atoms with Crippen LogP contribution >= 0.6 is 0 Å². The molecule has 3 aromatic rings. The Balaban J connectivity index is 1.77. The zero-order valence-corrected chi connectivity index (χ0v) is 16.1. The van der Waals surface area contributed by atoms with E-state index in [0.29, 0.717) is 17.4 Å². The lowest BCUT2D eigenvalue weighted by Crippen LogP contribution is -2.46. The van der Waals surface area contributed by atoms with Crippen molar-refractivity contribution in [2.45, 2.75) is 31.9 Å². The van der Waals surface area contributed by atoms with Crippen molar-refractivity contribution < 1.29 is 17.6 Å². The normalized spacial score (nSPS) is 22.5. The molecular weight excluding hydrogens is 399 g/mol. The predicted molar refractivity (Wildman–Crippen MR) is 103 cm³/mol. The first kappa shape index (κ1) is 19.9. The summed E-state index contributed by atoms with van der Waals surface area (Å²) in [4.78, 5) is 33.9. The van der Waals surface area contributed by atoms with E-state index in [1.807, 2.05) is 6.92 Å². The average molecular weight is 417 g/mol. The van der Waals surface area contributed by atoms with E-state index in [9.17, 15) is 22.8 Å². The first-order valence-corrected chi connectivity index (χ1v) is 9.25. The molecular formula is C21H18F3N3O3. The molecule has 4 rings (SSSR count). The Bertz CT molecular complexity index is 1350. The summed E-state index contributed by atoms with van der Waals surface area (Å²) < 4.78 is 44.1. The second-order valence-electron chi connectivity index (χ2n) is 7.74. The molecule has 1 saturated carbocycles. The second-order valence-corrected chi connectivity index (χ2v) is 7.74. The Morgan fingerprint density at radius 1 is 1.17 bits per heavy atom. The number of nitrogens with zero attached hydrogens (tertiary/aromatic N) is 1. The van der Waals surface area contributed by atoms with Gasteiger partial charge in [-0.25, -0.2) is 4.98 Å². The summed E-state index contributed by atoms with van der Waals surface area (Å²) in [6.07, 6.45) is 0.338. The Morgan fingerprint density at radius 3 is 2.40 bits per heavy atom. The number of aromatic amines is 2. The maximum atomic E-state index is 12.9. The van der Waals surface area contributed by atoms with Gasteiger partial charge in [0.1, 0.15) is 22.2 Å². The lowest BCUT2D eigenvalue weighted by Gasteiger charge is -2.06. The summed E-state index contributed by atoms with van der Waals surface area (Å²) in [5, 5.41) is -0.173.